The minimum absolute atomic E-state index is 0.00597. The zero-order valence-electron chi connectivity index (χ0n) is 22.7. The quantitative estimate of drug-likeness (QED) is 0.437. The first-order valence-corrected chi connectivity index (χ1v) is 14.9. The molecule has 2 atom stereocenters. The van der Waals surface area contributed by atoms with Crippen molar-refractivity contribution in [2.24, 2.45) is 5.92 Å². The Morgan fingerprint density at radius 3 is 2.59 bits per heavy atom. The Morgan fingerprint density at radius 1 is 1.05 bits per heavy atom. The van der Waals surface area contributed by atoms with E-state index >= 15 is 0 Å². The van der Waals surface area contributed by atoms with Gasteiger partial charge < -0.3 is 19.7 Å². The molecule has 1 saturated heterocycles. The highest BCUT2D eigenvalue weighted by Gasteiger charge is 2.40. The van der Waals surface area contributed by atoms with Crippen LogP contribution in [0, 0.1) is 11.7 Å². The van der Waals surface area contributed by atoms with Crippen LogP contribution >= 0.6 is 0 Å². The molecule has 3 aromatic rings. The van der Waals surface area contributed by atoms with Gasteiger partial charge in [0.15, 0.2) is 6.10 Å². The van der Waals surface area contributed by atoms with Crippen molar-refractivity contribution in [2.75, 3.05) is 38.2 Å². The molecule has 2 aliphatic heterocycles. The molecule has 0 radical (unpaired) electrons. The van der Waals surface area contributed by atoms with Crippen molar-refractivity contribution >= 4 is 27.5 Å². The Labute approximate surface area is 238 Å². The van der Waals surface area contributed by atoms with E-state index in [4.69, 9.17) is 9.47 Å². The summed E-state index contributed by atoms with van der Waals surface area (Å²) >= 11 is 0. The van der Waals surface area contributed by atoms with Crippen molar-refractivity contribution in [1.29, 1.82) is 0 Å². The lowest BCUT2D eigenvalue weighted by Gasteiger charge is -2.38. The molecular weight excluding hydrogens is 549 g/mol. The van der Waals surface area contributed by atoms with Crippen molar-refractivity contribution in [1.82, 2.24) is 9.62 Å². The summed E-state index contributed by atoms with van der Waals surface area (Å²) in [7, 11) is -2.82. The van der Waals surface area contributed by atoms with E-state index in [9.17, 15) is 22.4 Å². The number of piperidine rings is 1. The normalized spacial score (nSPS) is 19.1. The van der Waals surface area contributed by atoms with Crippen molar-refractivity contribution in [3.8, 4) is 11.5 Å². The number of para-hydroxylation sites is 2. The first-order chi connectivity index (χ1) is 19.8. The fourth-order valence-electron chi connectivity index (χ4n) is 5.24. The van der Waals surface area contributed by atoms with Crippen LogP contribution in [0.25, 0.3) is 0 Å². The van der Waals surface area contributed by atoms with Gasteiger partial charge in [0.2, 0.25) is 15.9 Å². The Balaban J connectivity index is 1.31. The smallest absolute Gasteiger partial charge is 0.262 e. The Hall–Kier alpha value is -3.96. The van der Waals surface area contributed by atoms with E-state index in [1.54, 1.807) is 24.3 Å². The highest BCUT2D eigenvalue weighted by molar-refractivity contribution is 7.89. The molecule has 2 heterocycles. The lowest BCUT2D eigenvalue weighted by molar-refractivity contribution is -0.129. The van der Waals surface area contributed by atoms with Crippen LogP contribution in [-0.4, -0.2) is 63.9 Å². The number of fused-ring (bicyclic) bond motifs is 1. The summed E-state index contributed by atoms with van der Waals surface area (Å²) in [6.45, 7) is 0.525. The van der Waals surface area contributed by atoms with Crippen LogP contribution in [0.1, 0.15) is 18.4 Å². The highest BCUT2D eigenvalue weighted by atomic mass is 32.2. The van der Waals surface area contributed by atoms with Gasteiger partial charge in [-0.1, -0.05) is 42.5 Å². The zero-order valence-corrected chi connectivity index (χ0v) is 23.5. The number of nitrogens with one attached hydrogen (secondary N) is 1. The van der Waals surface area contributed by atoms with Gasteiger partial charge in [0.05, 0.1) is 25.3 Å². The lowest BCUT2D eigenvalue weighted by atomic mass is 9.97. The molecule has 0 bridgehead atoms. The molecule has 2 amide bonds. The second-order valence-electron chi connectivity index (χ2n) is 10.0. The highest BCUT2D eigenvalue weighted by Crippen LogP contribution is 2.36. The number of rotatable bonds is 8. The first-order valence-electron chi connectivity index (χ1n) is 13.5. The number of benzene rings is 3. The summed E-state index contributed by atoms with van der Waals surface area (Å²) in [5.41, 5.74) is 1.62. The third-order valence-corrected chi connectivity index (χ3v) is 9.25. The van der Waals surface area contributed by atoms with Crippen LogP contribution in [0.3, 0.4) is 0 Å². The van der Waals surface area contributed by atoms with Crippen LogP contribution in [-0.2, 0) is 26.0 Å². The van der Waals surface area contributed by atoms with Gasteiger partial charge in [0.1, 0.15) is 22.2 Å². The minimum atomic E-state index is -4.13. The zero-order chi connectivity index (χ0) is 29.0. The van der Waals surface area contributed by atoms with E-state index < -0.39 is 27.9 Å². The molecule has 0 unspecified atom stereocenters. The second kappa shape index (κ2) is 12.3. The van der Waals surface area contributed by atoms with E-state index in [1.807, 2.05) is 30.3 Å². The molecule has 9 nitrogen and oxygen atoms in total. The molecule has 3 aromatic carbocycles. The van der Waals surface area contributed by atoms with Crippen LogP contribution in [0.15, 0.2) is 77.7 Å². The monoisotopic (exact) mass is 581 g/mol. The fourth-order valence-corrected chi connectivity index (χ4v) is 6.93. The second-order valence-corrected chi connectivity index (χ2v) is 12.0. The van der Waals surface area contributed by atoms with Crippen LogP contribution in [0.5, 0.6) is 11.5 Å². The van der Waals surface area contributed by atoms with Gasteiger partial charge in [-0.25, -0.2) is 12.8 Å². The molecule has 2 aliphatic rings. The van der Waals surface area contributed by atoms with E-state index in [-0.39, 0.29) is 42.1 Å². The SMILES string of the molecule is COc1ccc(F)cc1S(=O)(=O)N1CCC[C@@H](C(=O)N2C[C@H](C(=O)NCCc3ccccc3)Oc3ccccc32)C1. The summed E-state index contributed by atoms with van der Waals surface area (Å²) in [5, 5.41) is 2.90. The molecular formula is C30H32FN3O6S. The van der Waals surface area contributed by atoms with Crippen molar-refractivity contribution < 1.29 is 31.9 Å². The van der Waals surface area contributed by atoms with Gasteiger partial charge in [-0.3, -0.25) is 9.59 Å². The van der Waals surface area contributed by atoms with E-state index in [0.717, 1.165) is 17.7 Å². The number of carbonyl (C=O) groups is 2. The number of halogens is 1. The molecule has 41 heavy (non-hydrogen) atoms. The van der Waals surface area contributed by atoms with E-state index in [1.165, 1.54) is 22.4 Å². The number of carbonyl (C=O) groups excluding carboxylic acids is 2. The Morgan fingerprint density at radius 2 is 1.80 bits per heavy atom. The van der Waals surface area contributed by atoms with Crippen LogP contribution in [0.4, 0.5) is 10.1 Å². The number of sulfonamides is 1. The van der Waals surface area contributed by atoms with E-state index in [2.05, 4.69) is 5.32 Å². The number of amides is 2. The van der Waals surface area contributed by atoms with Gasteiger partial charge in [0, 0.05) is 19.6 Å². The van der Waals surface area contributed by atoms with Gasteiger partial charge >= 0.3 is 0 Å². The predicted molar refractivity (Wildman–Crippen MR) is 151 cm³/mol. The number of anilines is 1. The van der Waals surface area contributed by atoms with Gasteiger partial charge in [-0.2, -0.15) is 4.31 Å². The topological polar surface area (TPSA) is 105 Å². The van der Waals surface area contributed by atoms with Crippen LogP contribution < -0.4 is 19.7 Å². The molecule has 0 spiro atoms. The standard InChI is InChI=1S/C30H32FN3O6S/c1-39-26-14-13-23(31)18-28(26)41(37,38)33-17-7-10-22(19-33)30(36)34-20-27(40-25-12-6-5-11-24(25)34)29(35)32-16-15-21-8-3-2-4-9-21/h2-6,8-9,11-14,18,22,27H,7,10,15-17,19-20H2,1H3,(H,32,35)/t22-,27-/m1/s1. The van der Waals surface area contributed by atoms with Crippen molar-refractivity contribution in [3.63, 3.8) is 0 Å². The lowest BCUT2D eigenvalue weighted by Crippen LogP contribution is -2.54. The number of hydrogen-bond acceptors (Lipinski definition) is 6. The fraction of sp³-hybridized carbons (Fsp3) is 0.333. The summed E-state index contributed by atoms with van der Waals surface area (Å²) in [4.78, 5) is 28.2. The molecule has 5 rings (SSSR count). The predicted octanol–water partition coefficient (Wildman–Crippen LogP) is 3.39. The third kappa shape index (κ3) is 6.20. The van der Waals surface area contributed by atoms with Crippen molar-refractivity contribution in [2.45, 2.75) is 30.3 Å². The maximum absolute atomic E-state index is 14.0. The summed E-state index contributed by atoms with van der Waals surface area (Å²) in [6, 6.07) is 20.1. The molecule has 1 fully saturated rings. The Kier molecular flexibility index (Phi) is 8.55. The minimum Gasteiger partial charge on any atom is -0.495 e. The number of hydrogen-bond donors (Lipinski definition) is 1. The maximum Gasteiger partial charge on any atom is 0.262 e. The van der Waals surface area contributed by atoms with E-state index in [0.29, 0.717) is 37.2 Å². The van der Waals surface area contributed by atoms with Crippen LogP contribution in [0.2, 0.25) is 0 Å². The molecule has 0 saturated carbocycles. The molecule has 0 aromatic heterocycles. The molecule has 1 N–H and O–H groups in total. The number of methoxy groups -OCH3 is 1. The average Bonchev–Trinajstić information content (AvgIpc) is 3.00. The van der Waals surface area contributed by atoms with Gasteiger partial charge in [-0.15, -0.1) is 0 Å². The molecule has 0 aliphatic carbocycles. The largest absolute Gasteiger partial charge is 0.495 e. The summed E-state index contributed by atoms with van der Waals surface area (Å²) in [6.07, 6.45) is 0.645. The van der Waals surface area contributed by atoms with Crippen molar-refractivity contribution in [3.05, 3.63) is 84.2 Å². The molecule has 216 valence electrons. The Bertz CT molecular complexity index is 1520. The first kappa shape index (κ1) is 28.6. The van der Waals surface area contributed by atoms with Gasteiger partial charge in [-0.05, 0) is 55.2 Å². The third-order valence-electron chi connectivity index (χ3n) is 7.36. The average molecular weight is 582 g/mol. The number of ether oxygens (including phenoxy) is 2. The van der Waals surface area contributed by atoms with Gasteiger partial charge in [0.25, 0.3) is 5.91 Å². The summed E-state index contributed by atoms with van der Waals surface area (Å²) in [5.74, 6) is -1.56. The maximum atomic E-state index is 14.0. The summed E-state index contributed by atoms with van der Waals surface area (Å²) < 4.78 is 53.3. The number of nitrogens with zero attached hydrogens (tertiary/aromatic N) is 2. The molecule has 11 heteroatoms.